The molecule has 0 bridgehead atoms. The van der Waals surface area contributed by atoms with Crippen LogP contribution in [0, 0.1) is 0 Å². The van der Waals surface area contributed by atoms with E-state index in [1.807, 2.05) is 0 Å². The predicted octanol–water partition coefficient (Wildman–Crippen LogP) is -0.178. The molecule has 0 aliphatic rings. The Kier molecular flexibility index (Phi) is 5.35. The Balaban J connectivity index is 2.95. The first-order chi connectivity index (χ1) is 9.12. The fourth-order valence-electron chi connectivity index (χ4n) is 1.30. The van der Waals surface area contributed by atoms with E-state index in [9.17, 15) is 16.8 Å². The lowest BCUT2D eigenvalue weighted by molar-refractivity contribution is 0.521. The molecular weight excluding hydrogens is 324 g/mol. The first kappa shape index (κ1) is 17.1. The van der Waals surface area contributed by atoms with Crippen LogP contribution in [0.25, 0.3) is 0 Å². The topological polar surface area (TPSA) is 122 Å². The normalized spacial score (nSPS) is 12.8. The number of rotatable bonds is 7. The first-order valence-electron chi connectivity index (χ1n) is 5.73. The molecule has 0 saturated heterocycles. The van der Waals surface area contributed by atoms with Crippen molar-refractivity contribution >= 4 is 42.2 Å². The highest BCUT2D eigenvalue weighted by molar-refractivity contribution is 7.91. The summed E-state index contributed by atoms with van der Waals surface area (Å²) >= 11 is 0.892. The smallest absolute Gasteiger partial charge is 0.249 e. The maximum absolute atomic E-state index is 12.1. The van der Waals surface area contributed by atoms with Crippen molar-refractivity contribution in [3.05, 3.63) is 0 Å². The fourth-order valence-corrected chi connectivity index (χ4v) is 4.11. The van der Waals surface area contributed by atoms with Crippen molar-refractivity contribution in [2.45, 2.75) is 11.8 Å². The van der Waals surface area contributed by atoms with E-state index in [0.29, 0.717) is 0 Å². The number of nitrogens with two attached hydrogens (primary N) is 1. The van der Waals surface area contributed by atoms with E-state index in [1.54, 1.807) is 6.92 Å². The van der Waals surface area contributed by atoms with Crippen molar-refractivity contribution in [1.29, 1.82) is 0 Å². The molecule has 0 unspecified atom stereocenters. The van der Waals surface area contributed by atoms with Gasteiger partial charge >= 0.3 is 0 Å². The molecule has 1 rings (SSSR count). The third-order valence-electron chi connectivity index (χ3n) is 2.55. The van der Waals surface area contributed by atoms with Gasteiger partial charge in [0, 0.05) is 26.4 Å². The molecule has 1 aromatic rings. The first-order valence-corrected chi connectivity index (χ1v) is 9.77. The van der Waals surface area contributed by atoms with Gasteiger partial charge in [0.25, 0.3) is 0 Å². The number of sulfonamides is 1. The Morgan fingerprint density at radius 1 is 1.30 bits per heavy atom. The van der Waals surface area contributed by atoms with Gasteiger partial charge in [0.1, 0.15) is 5.00 Å². The number of hydrogen-bond donors (Lipinski definition) is 2. The van der Waals surface area contributed by atoms with Gasteiger partial charge in [-0.2, -0.15) is 4.37 Å². The molecule has 0 aliphatic heterocycles. The van der Waals surface area contributed by atoms with Crippen LogP contribution in [-0.4, -0.2) is 57.7 Å². The van der Waals surface area contributed by atoms with Gasteiger partial charge in [-0.15, -0.1) is 0 Å². The quantitative estimate of drug-likeness (QED) is 0.705. The van der Waals surface area contributed by atoms with E-state index < -0.39 is 19.9 Å². The van der Waals surface area contributed by atoms with E-state index in [-0.39, 0.29) is 33.8 Å². The highest BCUT2D eigenvalue weighted by Crippen LogP contribution is 2.32. The third kappa shape index (κ3) is 3.81. The Morgan fingerprint density at radius 3 is 2.40 bits per heavy atom. The number of nitrogen functional groups attached to an aromatic ring is 1. The summed E-state index contributed by atoms with van der Waals surface area (Å²) in [6.45, 7) is 1.66. The zero-order chi connectivity index (χ0) is 15.6. The van der Waals surface area contributed by atoms with E-state index >= 15 is 0 Å². The van der Waals surface area contributed by atoms with Gasteiger partial charge in [0.05, 0.1) is 5.75 Å². The van der Waals surface area contributed by atoms with Gasteiger partial charge in [-0.3, -0.25) is 0 Å². The average molecular weight is 342 g/mol. The van der Waals surface area contributed by atoms with Gasteiger partial charge in [0.15, 0.2) is 20.6 Å². The predicted molar refractivity (Wildman–Crippen MR) is 80.2 cm³/mol. The standard InChI is InChI=1S/C9H18N4O4S3/c1-4-19(14,15)6-5-11-9-7(8(10)12-18-9)20(16,17)13(2)3/h11H,4-6H2,1-3H3,(H2,10,12). The van der Waals surface area contributed by atoms with Crippen molar-refractivity contribution in [2.24, 2.45) is 0 Å². The van der Waals surface area contributed by atoms with Gasteiger partial charge in [0.2, 0.25) is 10.0 Å². The molecule has 0 fully saturated rings. The number of sulfone groups is 1. The maximum Gasteiger partial charge on any atom is 0.249 e. The summed E-state index contributed by atoms with van der Waals surface area (Å²) in [5, 5.41) is 3.03. The SMILES string of the molecule is CCS(=O)(=O)CCNc1snc(N)c1S(=O)(=O)N(C)C. The lowest BCUT2D eigenvalue weighted by atomic mass is 10.6. The summed E-state index contributed by atoms with van der Waals surface area (Å²) in [6, 6.07) is 0. The van der Waals surface area contributed by atoms with E-state index in [1.165, 1.54) is 14.1 Å². The largest absolute Gasteiger partial charge is 0.382 e. The van der Waals surface area contributed by atoms with Crippen molar-refractivity contribution in [3.8, 4) is 0 Å². The molecule has 0 amide bonds. The zero-order valence-corrected chi connectivity index (χ0v) is 13.9. The number of nitrogens with zero attached hydrogens (tertiary/aromatic N) is 2. The molecule has 0 aromatic carbocycles. The van der Waals surface area contributed by atoms with E-state index in [0.717, 1.165) is 15.8 Å². The van der Waals surface area contributed by atoms with Crippen LogP contribution in [-0.2, 0) is 19.9 Å². The summed E-state index contributed by atoms with van der Waals surface area (Å²) in [5.74, 6) is -0.130. The number of nitrogens with one attached hydrogen (secondary N) is 1. The minimum Gasteiger partial charge on any atom is -0.382 e. The summed E-state index contributed by atoms with van der Waals surface area (Å²) in [6.07, 6.45) is 0. The Labute approximate surface area is 123 Å². The molecule has 11 heteroatoms. The van der Waals surface area contributed by atoms with Crippen LogP contribution in [0.2, 0.25) is 0 Å². The van der Waals surface area contributed by atoms with E-state index in [2.05, 4.69) is 9.69 Å². The van der Waals surface area contributed by atoms with Gasteiger partial charge in [-0.25, -0.2) is 21.1 Å². The molecule has 0 saturated carbocycles. The fraction of sp³-hybridized carbons (Fsp3) is 0.667. The highest BCUT2D eigenvalue weighted by Gasteiger charge is 2.27. The molecule has 0 aliphatic carbocycles. The van der Waals surface area contributed by atoms with Crippen LogP contribution in [0.1, 0.15) is 6.92 Å². The Hall–Kier alpha value is -0.910. The van der Waals surface area contributed by atoms with Crippen LogP contribution in [0.5, 0.6) is 0 Å². The Morgan fingerprint density at radius 2 is 1.90 bits per heavy atom. The summed E-state index contributed by atoms with van der Waals surface area (Å²) in [7, 11) is -4.07. The second-order valence-corrected chi connectivity index (χ2v) is 9.51. The van der Waals surface area contributed by atoms with Crippen molar-refractivity contribution in [2.75, 3.05) is 43.2 Å². The van der Waals surface area contributed by atoms with Crippen molar-refractivity contribution in [3.63, 3.8) is 0 Å². The molecule has 1 aromatic heterocycles. The van der Waals surface area contributed by atoms with Crippen LogP contribution in [0.15, 0.2) is 4.90 Å². The van der Waals surface area contributed by atoms with E-state index in [4.69, 9.17) is 5.73 Å². The third-order valence-corrected chi connectivity index (χ3v) is 7.10. The van der Waals surface area contributed by atoms with Crippen molar-refractivity contribution < 1.29 is 16.8 Å². The minimum absolute atomic E-state index is 0.0440. The van der Waals surface area contributed by atoms with Crippen LogP contribution in [0.3, 0.4) is 0 Å². The zero-order valence-electron chi connectivity index (χ0n) is 11.5. The molecule has 1 heterocycles. The number of anilines is 2. The molecule has 0 radical (unpaired) electrons. The van der Waals surface area contributed by atoms with Gasteiger partial charge in [-0.05, 0) is 11.5 Å². The molecule has 0 spiro atoms. The lowest BCUT2D eigenvalue weighted by Crippen LogP contribution is -2.24. The van der Waals surface area contributed by atoms with Gasteiger partial charge in [-0.1, -0.05) is 6.92 Å². The average Bonchev–Trinajstić information content (AvgIpc) is 2.70. The molecule has 116 valence electrons. The number of hydrogen-bond acceptors (Lipinski definition) is 8. The Bertz CT molecular complexity index is 663. The second kappa shape index (κ2) is 6.24. The molecule has 8 nitrogen and oxygen atoms in total. The second-order valence-electron chi connectivity index (χ2n) is 4.18. The molecule has 0 atom stereocenters. The molecular formula is C9H18N4O4S3. The number of aromatic nitrogens is 1. The van der Waals surface area contributed by atoms with Crippen LogP contribution < -0.4 is 11.1 Å². The minimum atomic E-state index is -3.72. The summed E-state index contributed by atoms with van der Waals surface area (Å²) < 4.78 is 51.8. The van der Waals surface area contributed by atoms with Gasteiger partial charge < -0.3 is 11.1 Å². The molecule has 20 heavy (non-hydrogen) atoms. The summed E-state index contributed by atoms with van der Waals surface area (Å²) in [4.78, 5) is -0.110. The van der Waals surface area contributed by atoms with Crippen LogP contribution in [0.4, 0.5) is 10.8 Å². The molecule has 3 N–H and O–H groups in total. The highest BCUT2D eigenvalue weighted by atomic mass is 32.2. The maximum atomic E-state index is 12.1. The summed E-state index contributed by atoms with van der Waals surface area (Å²) in [5.41, 5.74) is 5.58. The lowest BCUT2D eigenvalue weighted by Gasteiger charge is -2.12. The van der Waals surface area contributed by atoms with Crippen LogP contribution >= 0.6 is 11.5 Å². The van der Waals surface area contributed by atoms with Crippen molar-refractivity contribution in [1.82, 2.24) is 8.68 Å². The monoisotopic (exact) mass is 342 g/mol.